The zero-order chi connectivity index (χ0) is 12.3. The van der Waals surface area contributed by atoms with E-state index in [1.54, 1.807) is 11.0 Å². The fourth-order valence-corrected chi connectivity index (χ4v) is 1.73. The van der Waals surface area contributed by atoms with Crippen LogP contribution in [0.3, 0.4) is 0 Å². The third kappa shape index (κ3) is 2.50. The van der Waals surface area contributed by atoms with Crippen LogP contribution in [0.4, 0.5) is 16.2 Å². The summed E-state index contributed by atoms with van der Waals surface area (Å²) in [6.45, 7) is 1.27. The van der Waals surface area contributed by atoms with Crippen LogP contribution in [-0.2, 0) is 0 Å². The second-order valence-corrected chi connectivity index (χ2v) is 3.88. The Bertz CT molecular complexity index is 461. The Morgan fingerprint density at radius 3 is 2.94 bits per heavy atom. The maximum absolute atomic E-state index is 11.6. The van der Waals surface area contributed by atoms with Gasteiger partial charge in [0.15, 0.2) is 0 Å². The van der Waals surface area contributed by atoms with Gasteiger partial charge in [-0.15, -0.1) is 11.6 Å². The zero-order valence-electron chi connectivity index (χ0n) is 9.19. The molecule has 1 aromatic carbocycles. The highest BCUT2D eigenvalue weighted by Crippen LogP contribution is 2.29. The van der Waals surface area contributed by atoms with E-state index in [1.165, 1.54) is 0 Å². The Labute approximate surface area is 104 Å². The van der Waals surface area contributed by atoms with Crippen molar-refractivity contribution in [2.24, 2.45) is 10.7 Å². The van der Waals surface area contributed by atoms with E-state index in [1.807, 2.05) is 18.2 Å². The summed E-state index contributed by atoms with van der Waals surface area (Å²) in [5.41, 5.74) is 7.01. The minimum absolute atomic E-state index is 0.114. The van der Waals surface area contributed by atoms with Crippen molar-refractivity contribution in [3.05, 3.63) is 24.3 Å². The molecular weight excluding hydrogens is 240 g/mol. The van der Waals surface area contributed by atoms with E-state index in [9.17, 15) is 4.79 Å². The SMILES string of the molecule is NC(CCl)=Nc1ccccc1N1CCNC1=O. The van der Waals surface area contributed by atoms with Gasteiger partial charge < -0.3 is 11.1 Å². The lowest BCUT2D eigenvalue weighted by Gasteiger charge is -2.16. The molecule has 2 amide bonds. The summed E-state index contributed by atoms with van der Waals surface area (Å²) in [6, 6.07) is 7.23. The number of nitrogens with zero attached hydrogens (tertiary/aromatic N) is 2. The molecule has 0 unspecified atom stereocenters. The highest BCUT2D eigenvalue weighted by molar-refractivity contribution is 6.28. The average molecular weight is 253 g/mol. The van der Waals surface area contributed by atoms with Crippen molar-refractivity contribution in [1.29, 1.82) is 0 Å². The van der Waals surface area contributed by atoms with Gasteiger partial charge in [0.1, 0.15) is 5.84 Å². The van der Waals surface area contributed by atoms with Crippen LogP contribution in [0.1, 0.15) is 0 Å². The Kier molecular flexibility index (Phi) is 3.49. The summed E-state index contributed by atoms with van der Waals surface area (Å²) >= 11 is 5.59. The number of hydrogen-bond donors (Lipinski definition) is 2. The van der Waals surface area contributed by atoms with Gasteiger partial charge in [0.05, 0.1) is 17.3 Å². The van der Waals surface area contributed by atoms with E-state index in [0.717, 1.165) is 5.69 Å². The largest absolute Gasteiger partial charge is 0.386 e. The molecule has 1 saturated heterocycles. The molecule has 3 N–H and O–H groups in total. The molecule has 0 bridgehead atoms. The maximum atomic E-state index is 11.6. The first-order chi connectivity index (χ1) is 8.22. The van der Waals surface area contributed by atoms with Gasteiger partial charge in [-0.05, 0) is 12.1 Å². The van der Waals surface area contributed by atoms with E-state index in [0.29, 0.717) is 24.6 Å². The van der Waals surface area contributed by atoms with E-state index in [4.69, 9.17) is 17.3 Å². The average Bonchev–Trinajstić information content (AvgIpc) is 2.76. The Hall–Kier alpha value is -1.75. The number of amides is 2. The lowest BCUT2D eigenvalue weighted by atomic mass is 10.2. The number of anilines is 1. The molecular formula is C11H13ClN4O. The number of rotatable bonds is 3. The minimum atomic E-state index is -0.114. The van der Waals surface area contributed by atoms with Gasteiger partial charge in [-0.3, -0.25) is 4.90 Å². The normalized spacial score (nSPS) is 16.2. The predicted octanol–water partition coefficient (Wildman–Crippen LogP) is 1.44. The van der Waals surface area contributed by atoms with Crippen molar-refractivity contribution in [2.75, 3.05) is 23.9 Å². The Morgan fingerprint density at radius 2 is 2.29 bits per heavy atom. The fourth-order valence-electron chi connectivity index (χ4n) is 1.67. The Balaban J connectivity index is 2.37. The number of para-hydroxylation sites is 2. The molecule has 90 valence electrons. The number of nitrogens with two attached hydrogens (primary N) is 1. The maximum Gasteiger partial charge on any atom is 0.322 e. The van der Waals surface area contributed by atoms with Gasteiger partial charge in [-0.25, -0.2) is 9.79 Å². The topological polar surface area (TPSA) is 70.7 Å². The van der Waals surface area contributed by atoms with Gasteiger partial charge in [0, 0.05) is 13.1 Å². The number of amidine groups is 1. The van der Waals surface area contributed by atoms with Crippen LogP contribution in [0.15, 0.2) is 29.3 Å². The highest BCUT2D eigenvalue weighted by atomic mass is 35.5. The molecule has 1 fully saturated rings. The molecule has 1 aliphatic rings. The number of carbonyl (C=O) groups excluding carboxylic acids is 1. The smallest absolute Gasteiger partial charge is 0.322 e. The molecule has 5 nitrogen and oxygen atoms in total. The van der Waals surface area contributed by atoms with Gasteiger partial charge in [-0.1, -0.05) is 12.1 Å². The molecule has 6 heteroatoms. The first-order valence-corrected chi connectivity index (χ1v) is 5.79. The summed E-state index contributed by atoms with van der Waals surface area (Å²) < 4.78 is 0. The molecule has 17 heavy (non-hydrogen) atoms. The molecule has 2 rings (SSSR count). The summed E-state index contributed by atoms with van der Waals surface area (Å²) in [5.74, 6) is 0.499. The van der Waals surface area contributed by atoms with Crippen molar-refractivity contribution in [3.63, 3.8) is 0 Å². The quantitative estimate of drug-likeness (QED) is 0.486. The van der Waals surface area contributed by atoms with Crippen LogP contribution >= 0.6 is 11.6 Å². The monoisotopic (exact) mass is 252 g/mol. The standard InChI is InChI=1S/C11H13ClN4O/c12-7-10(13)15-8-3-1-2-4-9(8)16-6-5-14-11(16)17/h1-4H,5-7H2,(H2,13,15)(H,14,17). The number of carbonyl (C=O) groups is 1. The third-order valence-electron chi connectivity index (χ3n) is 2.43. The molecule has 1 aliphatic heterocycles. The number of benzene rings is 1. The molecule has 0 aromatic heterocycles. The van der Waals surface area contributed by atoms with E-state index < -0.39 is 0 Å². The first-order valence-electron chi connectivity index (χ1n) is 5.26. The molecule has 0 saturated carbocycles. The number of nitrogens with one attached hydrogen (secondary N) is 1. The van der Waals surface area contributed by atoms with Crippen LogP contribution in [0.25, 0.3) is 0 Å². The lowest BCUT2D eigenvalue weighted by Crippen LogP contribution is -2.27. The summed E-state index contributed by atoms with van der Waals surface area (Å²) in [7, 11) is 0. The van der Waals surface area contributed by atoms with E-state index in [2.05, 4.69) is 10.3 Å². The second-order valence-electron chi connectivity index (χ2n) is 3.61. The zero-order valence-corrected chi connectivity index (χ0v) is 9.94. The number of aliphatic imine (C=N–C) groups is 1. The van der Waals surface area contributed by atoms with Gasteiger partial charge >= 0.3 is 6.03 Å². The van der Waals surface area contributed by atoms with Crippen molar-refractivity contribution in [1.82, 2.24) is 5.32 Å². The summed E-state index contributed by atoms with van der Waals surface area (Å²) in [4.78, 5) is 17.4. The molecule has 1 aromatic rings. The van der Waals surface area contributed by atoms with Crippen molar-refractivity contribution < 1.29 is 4.79 Å². The highest BCUT2D eigenvalue weighted by Gasteiger charge is 2.23. The van der Waals surface area contributed by atoms with E-state index in [-0.39, 0.29) is 11.9 Å². The molecule has 0 spiro atoms. The van der Waals surface area contributed by atoms with Gasteiger partial charge in [0.25, 0.3) is 0 Å². The molecule has 1 heterocycles. The van der Waals surface area contributed by atoms with Gasteiger partial charge in [-0.2, -0.15) is 0 Å². The Morgan fingerprint density at radius 1 is 1.53 bits per heavy atom. The predicted molar refractivity (Wildman–Crippen MR) is 69.2 cm³/mol. The van der Waals surface area contributed by atoms with Crippen LogP contribution in [-0.4, -0.2) is 30.8 Å². The molecule has 0 radical (unpaired) electrons. The first kappa shape index (κ1) is 11.7. The third-order valence-corrected chi connectivity index (χ3v) is 2.70. The second kappa shape index (κ2) is 5.05. The molecule has 0 aliphatic carbocycles. The summed E-state index contributed by atoms with van der Waals surface area (Å²) in [5, 5.41) is 2.74. The molecule has 0 atom stereocenters. The number of hydrogen-bond acceptors (Lipinski definition) is 2. The van der Waals surface area contributed by atoms with Gasteiger partial charge in [0.2, 0.25) is 0 Å². The number of urea groups is 1. The van der Waals surface area contributed by atoms with E-state index >= 15 is 0 Å². The summed E-state index contributed by atoms with van der Waals surface area (Å²) in [6.07, 6.45) is 0. The van der Waals surface area contributed by atoms with Crippen LogP contribution < -0.4 is 16.0 Å². The lowest BCUT2D eigenvalue weighted by molar-refractivity contribution is 0.252. The number of alkyl halides is 1. The van der Waals surface area contributed by atoms with Crippen LogP contribution in [0, 0.1) is 0 Å². The van der Waals surface area contributed by atoms with Crippen LogP contribution in [0.2, 0.25) is 0 Å². The minimum Gasteiger partial charge on any atom is -0.386 e. The van der Waals surface area contributed by atoms with Crippen molar-refractivity contribution in [3.8, 4) is 0 Å². The van der Waals surface area contributed by atoms with Crippen molar-refractivity contribution in [2.45, 2.75) is 0 Å². The number of halogens is 1. The van der Waals surface area contributed by atoms with Crippen LogP contribution in [0.5, 0.6) is 0 Å². The van der Waals surface area contributed by atoms with Crippen molar-refractivity contribution >= 4 is 34.8 Å². The fraction of sp³-hybridized carbons (Fsp3) is 0.273.